The third-order valence-corrected chi connectivity index (χ3v) is 4.25. The predicted molar refractivity (Wildman–Crippen MR) is 80.5 cm³/mol. The zero-order valence-corrected chi connectivity index (χ0v) is 12.5. The predicted octanol–water partition coefficient (Wildman–Crippen LogP) is 3.32. The summed E-state index contributed by atoms with van der Waals surface area (Å²) in [5.74, 6) is 4.31. The molecule has 0 amide bonds. The van der Waals surface area contributed by atoms with E-state index in [-0.39, 0.29) is 0 Å². The molecule has 1 aromatic rings. The maximum absolute atomic E-state index is 4.59. The first kappa shape index (κ1) is 14.1. The van der Waals surface area contributed by atoms with E-state index in [4.69, 9.17) is 0 Å². The van der Waals surface area contributed by atoms with Crippen LogP contribution in [0.25, 0.3) is 0 Å². The summed E-state index contributed by atoms with van der Waals surface area (Å²) >= 11 is 0. The second-order valence-electron chi connectivity index (χ2n) is 5.60. The molecular formula is C15H26N4. The van der Waals surface area contributed by atoms with Gasteiger partial charge in [0.25, 0.3) is 0 Å². The highest BCUT2D eigenvalue weighted by molar-refractivity contribution is 5.48. The molecule has 4 nitrogen and oxygen atoms in total. The zero-order valence-electron chi connectivity index (χ0n) is 12.5. The molecule has 2 rings (SSSR count). The molecule has 106 valence electrons. The summed E-state index contributed by atoms with van der Waals surface area (Å²) in [6.07, 6.45) is 3.42. The zero-order chi connectivity index (χ0) is 13.8. The molecule has 0 aromatic carbocycles. The second-order valence-corrected chi connectivity index (χ2v) is 5.60. The van der Waals surface area contributed by atoms with Crippen LogP contribution < -0.4 is 10.6 Å². The monoisotopic (exact) mass is 262 g/mol. The molecule has 0 saturated heterocycles. The fraction of sp³-hybridized carbons (Fsp3) is 0.733. The van der Waals surface area contributed by atoms with E-state index in [1.807, 2.05) is 6.07 Å². The molecule has 3 atom stereocenters. The van der Waals surface area contributed by atoms with Gasteiger partial charge in [-0.1, -0.05) is 20.8 Å². The third-order valence-electron chi connectivity index (χ3n) is 4.25. The number of aromatic nitrogens is 2. The summed E-state index contributed by atoms with van der Waals surface area (Å²) in [6.45, 7) is 9.74. The van der Waals surface area contributed by atoms with Crippen LogP contribution in [0.2, 0.25) is 0 Å². The highest BCUT2D eigenvalue weighted by Gasteiger charge is 2.29. The van der Waals surface area contributed by atoms with Crippen molar-refractivity contribution in [1.82, 2.24) is 9.97 Å². The number of hydrogen-bond acceptors (Lipinski definition) is 4. The Morgan fingerprint density at radius 3 is 2.47 bits per heavy atom. The van der Waals surface area contributed by atoms with Gasteiger partial charge in [-0.25, -0.2) is 9.97 Å². The molecule has 0 bridgehead atoms. The van der Waals surface area contributed by atoms with Crippen molar-refractivity contribution in [3.8, 4) is 0 Å². The second kappa shape index (κ2) is 6.22. The molecule has 1 heterocycles. The number of nitrogens with zero attached hydrogens (tertiary/aromatic N) is 2. The van der Waals surface area contributed by atoms with E-state index in [1.165, 1.54) is 12.8 Å². The SMILES string of the molecule is CCNc1cc(NC2CCC(C)C2C)nc(CC)n1. The molecule has 0 radical (unpaired) electrons. The van der Waals surface area contributed by atoms with Gasteiger partial charge in [0.1, 0.15) is 17.5 Å². The largest absolute Gasteiger partial charge is 0.370 e. The van der Waals surface area contributed by atoms with Crippen molar-refractivity contribution in [3.63, 3.8) is 0 Å². The van der Waals surface area contributed by atoms with Gasteiger partial charge in [-0.3, -0.25) is 0 Å². The van der Waals surface area contributed by atoms with Gasteiger partial charge in [-0.05, 0) is 31.6 Å². The summed E-state index contributed by atoms with van der Waals surface area (Å²) in [4.78, 5) is 9.08. The molecule has 0 spiro atoms. The average molecular weight is 262 g/mol. The van der Waals surface area contributed by atoms with Gasteiger partial charge in [0.2, 0.25) is 0 Å². The molecule has 4 heteroatoms. The minimum atomic E-state index is 0.545. The van der Waals surface area contributed by atoms with E-state index in [9.17, 15) is 0 Å². The number of nitrogens with one attached hydrogen (secondary N) is 2. The molecule has 1 fully saturated rings. The number of anilines is 2. The van der Waals surface area contributed by atoms with Crippen molar-refractivity contribution in [1.29, 1.82) is 0 Å². The van der Waals surface area contributed by atoms with E-state index in [0.717, 1.165) is 36.3 Å². The maximum atomic E-state index is 4.59. The van der Waals surface area contributed by atoms with E-state index in [2.05, 4.69) is 48.3 Å². The molecule has 1 aliphatic rings. The Kier molecular flexibility index (Phi) is 4.61. The molecule has 1 aromatic heterocycles. The van der Waals surface area contributed by atoms with Gasteiger partial charge in [-0.2, -0.15) is 0 Å². The van der Waals surface area contributed by atoms with Crippen LogP contribution in [0.15, 0.2) is 6.07 Å². The van der Waals surface area contributed by atoms with Gasteiger partial charge < -0.3 is 10.6 Å². The van der Waals surface area contributed by atoms with Crippen LogP contribution in [0, 0.1) is 11.8 Å². The third kappa shape index (κ3) is 3.37. The Morgan fingerprint density at radius 1 is 1.16 bits per heavy atom. The standard InChI is InChI=1S/C15H26N4/c1-5-13-18-14(16-6-2)9-15(19-13)17-12-8-7-10(3)11(12)4/h9-12H,5-8H2,1-4H3,(H2,16,17,18,19). The maximum Gasteiger partial charge on any atom is 0.132 e. The Bertz CT molecular complexity index is 419. The minimum Gasteiger partial charge on any atom is -0.370 e. The van der Waals surface area contributed by atoms with Crippen molar-refractivity contribution in [3.05, 3.63) is 11.9 Å². The van der Waals surface area contributed by atoms with E-state index in [1.54, 1.807) is 0 Å². The number of rotatable bonds is 5. The molecular weight excluding hydrogens is 236 g/mol. The summed E-state index contributed by atoms with van der Waals surface area (Å²) in [7, 11) is 0. The molecule has 1 aliphatic carbocycles. The number of aryl methyl sites for hydroxylation is 1. The van der Waals surface area contributed by atoms with E-state index in [0.29, 0.717) is 12.0 Å². The van der Waals surface area contributed by atoms with Crippen LogP contribution in [-0.2, 0) is 6.42 Å². The van der Waals surface area contributed by atoms with Crippen LogP contribution >= 0.6 is 0 Å². The van der Waals surface area contributed by atoms with E-state index >= 15 is 0 Å². The van der Waals surface area contributed by atoms with Crippen LogP contribution in [-0.4, -0.2) is 22.6 Å². The van der Waals surface area contributed by atoms with Gasteiger partial charge in [0.05, 0.1) is 0 Å². The van der Waals surface area contributed by atoms with Crippen molar-refractivity contribution in [2.24, 2.45) is 11.8 Å². The summed E-state index contributed by atoms with van der Waals surface area (Å²) in [5.41, 5.74) is 0. The van der Waals surface area contributed by atoms with Crippen LogP contribution in [0.1, 0.15) is 46.4 Å². The van der Waals surface area contributed by atoms with Gasteiger partial charge in [0, 0.05) is 25.1 Å². The summed E-state index contributed by atoms with van der Waals surface area (Å²) in [6, 6.07) is 2.57. The lowest BCUT2D eigenvalue weighted by atomic mass is 9.98. The minimum absolute atomic E-state index is 0.545. The lowest BCUT2D eigenvalue weighted by Crippen LogP contribution is -2.25. The normalized spacial score (nSPS) is 26.4. The smallest absolute Gasteiger partial charge is 0.132 e. The average Bonchev–Trinajstić information content (AvgIpc) is 2.71. The summed E-state index contributed by atoms with van der Waals surface area (Å²) < 4.78 is 0. The van der Waals surface area contributed by atoms with Crippen molar-refractivity contribution < 1.29 is 0 Å². The fourth-order valence-electron chi connectivity index (χ4n) is 2.76. The topological polar surface area (TPSA) is 49.8 Å². The van der Waals surface area contributed by atoms with Crippen LogP contribution in [0.5, 0.6) is 0 Å². The van der Waals surface area contributed by atoms with E-state index < -0.39 is 0 Å². The highest BCUT2D eigenvalue weighted by Crippen LogP contribution is 2.33. The highest BCUT2D eigenvalue weighted by atomic mass is 15.1. The molecule has 1 saturated carbocycles. The number of hydrogen-bond donors (Lipinski definition) is 2. The van der Waals surface area contributed by atoms with Gasteiger partial charge in [-0.15, -0.1) is 0 Å². The quantitative estimate of drug-likeness (QED) is 0.854. The fourth-order valence-corrected chi connectivity index (χ4v) is 2.76. The Labute approximate surface area is 116 Å². The molecule has 3 unspecified atom stereocenters. The first-order valence-electron chi connectivity index (χ1n) is 7.52. The van der Waals surface area contributed by atoms with Gasteiger partial charge in [0.15, 0.2) is 0 Å². The lowest BCUT2D eigenvalue weighted by Gasteiger charge is -2.20. The molecule has 19 heavy (non-hydrogen) atoms. The Balaban J connectivity index is 2.12. The van der Waals surface area contributed by atoms with Crippen LogP contribution in [0.4, 0.5) is 11.6 Å². The van der Waals surface area contributed by atoms with Gasteiger partial charge >= 0.3 is 0 Å². The van der Waals surface area contributed by atoms with Crippen molar-refractivity contribution in [2.45, 2.75) is 53.0 Å². The van der Waals surface area contributed by atoms with Crippen molar-refractivity contribution in [2.75, 3.05) is 17.2 Å². The summed E-state index contributed by atoms with van der Waals surface area (Å²) in [5, 5.41) is 6.88. The first-order valence-corrected chi connectivity index (χ1v) is 7.52. The molecule has 0 aliphatic heterocycles. The lowest BCUT2D eigenvalue weighted by molar-refractivity contribution is 0.435. The van der Waals surface area contributed by atoms with Crippen molar-refractivity contribution >= 4 is 11.6 Å². The van der Waals surface area contributed by atoms with Crippen LogP contribution in [0.3, 0.4) is 0 Å². The Morgan fingerprint density at radius 2 is 1.89 bits per heavy atom. The first-order chi connectivity index (χ1) is 9.13. The molecule has 2 N–H and O–H groups in total. The Hall–Kier alpha value is -1.32.